The summed E-state index contributed by atoms with van der Waals surface area (Å²) in [5.41, 5.74) is 1.07. The van der Waals surface area contributed by atoms with Gasteiger partial charge in [0.25, 0.3) is 0 Å². The molecule has 16 heavy (non-hydrogen) atoms. The molecular formula is C12H16N2O2. The van der Waals surface area contributed by atoms with Crippen LogP contribution >= 0.6 is 0 Å². The number of pyridine rings is 1. The van der Waals surface area contributed by atoms with Gasteiger partial charge in [0.2, 0.25) is 0 Å². The molecule has 4 heteroatoms. The van der Waals surface area contributed by atoms with Crippen LogP contribution in [0.4, 0.5) is 0 Å². The van der Waals surface area contributed by atoms with Gasteiger partial charge in [0.05, 0.1) is 11.3 Å². The SMILES string of the molecule is C/C=C/CCNCc1ccc(C(=O)O)cn1. The minimum absolute atomic E-state index is 0.220. The van der Waals surface area contributed by atoms with Gasteiger partial charge in [0, 0.05) is 12.7 Å². The van der Waals surface area contributed by atoms with Crippen molar-refractivity contribution in [1.29, 1.82) is 0 Å². The standard InChI is InChI=1S/C12H16N2O2/c1-2-3-4-7-13-9-11-6-5-10(8-14-11)12(15)16/h2-3,5-6,8,13H,4,7,9H2,1H3,(H,15,16)/b3-2+. The maximum absolute atomic E-state index is 10.6. The van der Waals surface area contributed by atoms with Gasteiger partial charge in [-0.2, -0.15) is 0 Å². The molecule has 86 valence electrons. The summed E-state index contributed by atoms with van der Waals surface area (Å²) in [4.78, 5) is 14.6. The number of aromatic nitrogens is 1. The maximum Gasteiger partial charge on any atom is 0.337 e. The summed E-state index contributed by atoms with van der Waals surface area (Å²) in [6.45, 7) is 3.55. The zero-order valence-electron chi connectivity index (χ0n) is 9.31. The van der Waals surface area contributed by atoms with Crippen molar-refractivity contribution in [2.75, 3.05) is 6.54 Å². The predicted molar refractivity (Wildman–Crippen MR) is 62.3 cm³/mol. The molecule has 0 amide bonds. The van der Waals surface area contributed by atoms with Gasteiger partial charge in [-0.05, 0) is 32.0 Å². The lowest BCUT2D eigenvalue weighted by molar-refractivity contribution is 0.0696. The van der Waals surface area contributed by atoms with E-state index < -0.39 is 5.97 Å². The van der Waals surface area contributed by atoms with Gasteiger partial charge in [-0.3, -0.25) is 4.98 Å². The van der Waals surface area contributed by atoms with E-state index in [2.05, 4.69) is 16.4 Å². The van der Waals surface area contributed by atoms with Crippen molar-refractivity contribution in [3.05, 3.63) is 41.7 Å². The molecule has 0 bridgehead atoms. The fourth-order valence-electron chi connectivity index (χ4n) is 1.22. The van der Waals surface area contributed by atoms with E-state index in [4.69, 9.17) is 5.11 Å². The van der Waals surface area contributed by atoms with Crippen molar-refractivity contribution < 1.29 is 9.90 Å². The van der Waals surface area contributed by atoms with Crippen LogP contribution in [0.15, 0.2) is 30.5 Å². The van der Waals surface area contributed by atoms with Crippen LogP contribution in [0.2, 0.25) is 0 Å². The Labute approximate surface area is 95.0 Å². The highest BCUT2D eigenvalue weighted by Gasteiger charge is 2.02. The molecule has 0 aliphatic rings. The van der Waals surface area contributed by atoms with Crippen LogP contribution in [-0.2, 0) is 6.54 Å². The number of nitrogens with one attached hydrogen (secondary N) is 1. The number of allylic oxidation sites excluding steroid dienone is 1. The number of carbonyl (C=O) groups is 1. The molecule has 0 aliphatic carbocycles. The summed E-state index contributed by atoms with van der Waals surface area (Å²) in [5, 5.41) is 11.9. The molecule has 2 N–H and O–H groups in total. The van der Waals surface area contributed by atoms with E-state index in [-0.39, 0.29) is 5.56 Å². The quantitative estimate of drug-likeness (QED) is 0.567. The number of carboxylic acids is 1. The molecule has 0 saturated carbocycles. The summed E-state index contributed by atoms with van der Waals surface area (Å²) >= 11 is 0. The van der Waals surface area contributed by atoms with Crippen LogP contribution in [0.3, 0.4) is 0 Å². The predicted octanol–water partition coefficient (Wildman–Crippen LogP) is 1.84. The van der Waals surface area contributed by atoms with Crippen molar-refractivity contribution in [3.8, 4) is 0 Å². The summed E-state index contributed by atoms with van der Waals surface area (Å²) in [6, 6.07) is 3.30. The summed E-state index contributed by atoms with van der Waals surface area (Å²) < 4.78 is 0. The first-order chi connectivity index (χ1) is 7.74. The summed E-state index contributed by atoms with van der Waals surface area (Å²) in [5.74, 6) is -0.944. The van der Waals surface area contributed by atoms with Crippen LogP contribution < -0.4 is 5.32 Å². The van der Waals surface area contributed by atoms with Gasteiger partial charge >= 0.3 is 5.97 Å². The molecule has 0 atom stereocenters. The third-order valence-corrected chi connectivity index (χ3v) is 2.10. The average Bonchev–Trinajstić information content (AvgIpc) is 2.29. The Kier molecular flexibility index (Phi) is 5.22. The van der Waals surface area contributed by atoms with Crippen molar-refractivity contribution in [1.82, 2.24) is 10.3 Å². The van der Waals surface area contributed by atoms with Crippen LogP contribution in [0, 0.1) is 0 Å². The molecule has 0 aromatic carbocycles. The van der Waals surface area contributed by atoms with Gasteiger partial charge in [0.1, 0.15) is 0 Å². The van der Waals surface area contributed by atoms with Gasteiger partial charge in [0.15, 0.2) is 0 Å². The van der Waals surface area contributed by atoms with E-state index in [0.29, 0.717) is 6.54 Å². The first-order valence-electron chi connectivity index (χ1n) is 5.24. The lowest BCUT2D eigenvalue weighted by Crippen LogP contribution is -2.15. The Balaban J connectivity index is 2.35. The molecule has 0 spiro atoms. The smallest absolute Gasteiger partial charge is 0.337 e. The molecule has 0 unspecified atom stereocenters. The first-order valence-corrected chi connectivity index (χ1v) is 5.24. The van der Waals surface area contributed by atoms with E-state index >= 15 is 0 Å². The number of carboxylic acid groups (broad SMARTS) is 1. The van der Waals surface area contributed by atoms with E-state index in [1.54, 1.807) is 12.1 Å². The van der Waals surface area contributed by atoms with E-state index in [0.717, 1.165) is 18.7 Å². The second-order valence-electron chi connectivity index (χ2n) is 3.38. The first kappa shape index (κ1) is 12.4. The molecule has 0 aliphatic heterocycles. The van der Waals surface area contributed by atoms with E-state index in [9.17, 15) is 4.79 Å². The molecule has 1 rings (SSSR count). The van der Waals surface area contributed by atoms with Gasteiger partial charge in [-0.15, -0.1) is 0 Å². The highest BCUT2D eigenvalue weighted by Crippen LogP contribution is 1.99. The number of hydrogen-bond acceptors (Lipinski definition) is 3. The Morgan fingerprint density at radius 3 is 2.94 bits per heavy atom. The Morgan fingerprint density at radius 1 is 1.56 bits per heavy atom. The molecule has 0 saturated heterocycles. The molecule has 0 radical (unpaired) electrons. The van der Waals surface area contributed by atoms with Crippen LogP contribution in [-0.4, -0.2) is 22.6 Å². The van der Waals surface area contributed by atoms with Crippen molar-refractivity contribution in [2.45, 2.75) is 19.9 Å². The molecular weight excluding hydrogens is 204 g/mol. The topological polar surface area (TPSA) is 62.2 Å². The zero-order valence-corrected chi connectivity index (χ0v) is 9.31. The lowest BCUT2D eigenvalue weighted by atomic mass is 10.2. The fourth-order valence-corrected chi connectivity index (χ4v) is 1.22. The molecule has 1 aromatic heterocycles. The monoisotopic (exact) mass is 220 g/mol. The highest BCUT2D eigenvalue weighted by atomic mass is 16.4. The molecule has 1 heterocycles. The van der Waals surface area contributed by atoms with E-state index in [1.165, 1.54) is 6.20 Å². The third kappa shape index (κ3) is 4.23. The average molecular weight is 220 g/mol. The van der Waals surface area contributed by atoms with Gasteiger partial charge in [-0.1, -0.05) is 12.2 Å². The lowest BCUT2D eigenvalue weighted by Gasteiger charge is -2.02. The molecule has 0 fully saturated rings. The maximum atomic E-state index is 10.6. The van der Waals surface area contributed by atoms with Gasteiger partial charge in [-0.25, -0.2) is 4.79 Å². The molecule has 4 nitrogen and oxygen atoms in total. The minimum atomic E-state index is -0.944. The third-order valence-electron chi connectivity index (χ3n) is 2.10. The van der Waals surface area contributed by atoms with Crippen LogP contribution in [0.25, 0.3) is 0 Å². The van der Waals surface area contributed by atoms with E-state index in [1.807, 2.05) is 13.0 Å². The van der Waals surface area contributed by atoms with Crippen LogP contribution in [0.5, 0.6) is 0 Å². The Hall–Kier alpha value is -1.68. The number of hydrogen-bond donors (Lipinski definition) is 2. The largest absolute Gasteiger partial charge is 0.478 e. The Morgan fingerprint density at radius 2 is 2.38 bits per heavy atom. The number of aromatic carboxylic acids is 1. The normalized spacial score (nSPS) is 10.8. The highest BCUT2D eigenvalue weighted by molar-refractivity contribution is 5.87. The van der Waals surface area contributed by atoms with Crippen molar-refractivity contribution >= 4 is 5.97 Å². The Bertz CT molecular complexity index is 358. The molecule has 1 aromatic rings. The van der Waals surface area contributed by atoms with Crippen molar-refractivity contribution in [2.24, 2.45) is 0 Å². The summed E-state index contributed by atoms with van der Waals surface area (Å²) in [7, 11) is 0. The minimum Gasteiger partial charge on any atom is -0.478 e. The number of nitrogens with zero attached hydrogens (tertiary/aromatic N) is 1. The number of rotatable bonds is 6. The second kappa shape index (κ2) is 6.74. The summed E-state index contributed by atoms with van der Waals surface area (Å²) in [6.07, 6.45) is 6.48. The van der Waals surface area contributed by atoms with Crippen molar-refractivity contribution in [3.63, 3.8) is 0 Å². The van der Waals surface area contributed by atoms with Crippen LogP contribution in [0.1, 0.15) is 29.4 Å². The van der Waals surface area contributed by atoms with Gasteiger partial charge < -0.3 is 10.4 Å². The second-order valence-corrected chi connectivity index (χ2v) is 3.38. The fraction of sp³-hybridized carbons (Fsp3) is 0.333. The zero-order chi connectivity index (χ0) is 11.8.